The maximum absolute atomic E-state index is 12.3. The van der Waals surface area contributed by atoms with E-state index in [0.717, 1.165) is 4.31 Å². The third-order valence-corrected chi connectivity index (χ3v) is 4.48. The number of para-hydroxylation sites is 1. The fourth-order valence-corrected chi connectivity index (χ4v) is 2.76. The third kappa shape index (κ3) is 4.19. The number of nitrogens with one attached hydrogen (secondary N) is 1. The molecule has 0 aliphatic rings. The normalized spacial score (nSPS) is 11.6. The molecular weight excluding hydrogens is 282 g/mol. The first kappa shape index (κ1) is 16.4. The fourth-order valence-electron chi connectivity index (χ4n) is 1.52. The van der Waals surface area contributed by atoms with E-state index in [0.29, 0.717) is 13.2 Å². The van der Waals surface area contributed by atoms with Crippen molar-refractivity contribution in [3.63, 3.8) is 0 Å². The van der Waals surface area contributed by atoms with E-state index < -0.39 is 15.9 Å². The van der Waals surface area contributed by atoms with Gasteiger partial charge in [0.1, 0.15) is 4.90 Å². The van der Waals surface area contributed by atoms with Gasteiger partial charge in [-0.25, -0.2) is 8.42 Å². The van der Waals surface area contributed by atoms with E-state index in [4.69, 9.17) is 10.5 Å². The average Bonchev–Trinajstić information content (AvgIpc) is 2.39. The van der Waals surface area contributed by atoms with Gasteiger partial charge in [-0.2, -0.15) is 4.31 Å². The van der Waals surface area contributed by atoms with Gasteiger partial charge in [-0.1, -0.05) is 12.1 Å². The molecule has 0 fully saturated rings. The highest BCUT2D eigenvalue weighted by molar-refractivity contribution is 7.89. The van der Waals surface area contributed by atoms with Crippen LogP contribution in [0.25, 0.3) is 0 Å². The number of nitrogen functional groups attached to an aromatic ring is 1. The van der Waals surface area contributed by atoms with Crippen LogP contribution in [0, 0.1) is 0 Å². The molecule has 7 nitrogen and oxygen atoms in total. The van der Waals surface area contributed by atoms with Gasteiger partial charge in [-0.3, -0.25) is 4.79 Å². The highest BCUT2D eigenvalue weighted by Crippen LogP contribution is 2.20. The quantitative estimate of drug-likeness (QED) is 0.529. The summed E-state index contributed by atoms with van der Waals surface area (Å²) in [5.74, 6) is -0.400. The van der Waals surface area contributed by atoms with Gasteiger partial charge in [-0.05, 0) is 12.1 Å². The van der Waals surface area contributed by atoms with Crippen molar-refractivity contribution in [2.45, 2.75) is 4.90 Å². The summed E-state index contributed by atoms with van der Waals surface area (Å²) in [6.07, 6.45) is 0. The van der Waals surface area contributed by atoms with E-state index >= 15 is 0 Å². The largest absolute Gasteiger partial charge is 0.398 e. The van der Waals surface area contributed by atoms with Crippen molar-refractivity contribution in [3.8, 4) is 0 Å². The number of sulfonamides is 1. The number of carbonyl (C=O) groups excluding carboxylic acids is 1. The summed E-state index contributed by atoms with van der Waals surface area (Å²) in [5, 5.41) is 2.55. The molecule has 1 rings (SSSR count). The molecule has 0 unspecified atom stereocenters. The lowest BCUT2D eigenvalue weighted by Crippen LogP contribution is -2.39. The number of nitrogens with two attached hydrogens (primary N) is 1. The van der Waals surface area contributed by atoms with Gasteiger partial charge in [0.25, 0.3) is 0 Å². The fraction of sp³-hybridized carbons (Fsp3) is 0.417. The minimum absolute atomic E-state index is 0.00723. The van der Waals surface area contributed by atoms with Gasteiger partial charge < -0.3 is 15.8 Å². The predicted molar refractivity (Wildman–Crippen MR) is 75.6 cm³/mol. The minimum Gasteiger partial charge on any atom is -0.398 e. The summed E-state index contributed by atoms with van der Waals surface area (Å²) in [6, 6.07) is 6.13. The van der Waals surface area contributed by atoms with Crippen LogP contribution < -0.4 is 11.1 Å². The maximum Gasteiger partial charge on any atom is 0.245 e. The summed E-state index contributed by atoms with van der Waals surface area (Å²) < 4.78 is 30.3. The Kier molecular flexibility index (Phi) is 5.93. The van der Waals surface area contributed by atoms with Crippen LogP contribution >= 0.6 is 0 Å². The molecule has 0 saturated carbocycles. The molecule has 0 aliphatic carbocycles. The van der Waals surface area contributed by atoms with E-state index in [9.17, 15) is 13.2 Å². The van der Waals surface area contributed by atoms with Crippen molar-refractivity contribution in [1.82, 2.24) is 9.62 Å². The molecule has 0 heterocycles. The number of rotatable bonds is 7. The third-order valence-electron chi connectivity index (χ3n) is 2.60. The number of benzene rings is 1. The predicted octanol–water partition coefficient (Wildman–Crippen LogP) is -0.348. The maximum atomic E-state index is 12.3. The van der Waals surface area contributed by atoms with E-state index in [1.165, 1.54) is 26.3 Å². The molecule has 1 amide bonds. The molecule has 0 spiro atoms. The summed E-state index contributed by atoms with van der Waals surface area (Å²) >= 11 is 0. The van der Waals surface area contributed by atoms with Gasteiger partial charge in [0, 0.05) is 20.7 Å². The second kappa shape index (κ2) is 7.22. The Morgan fingerprint density at radius 3 is 2.65 bits per heavy atom. The standard InChI is InChI=1S/C12H19N3O4S/c1-15(9-12(16)14-7-8-19-2)20(17,18)11-6-4-3-5-10(11)13/h3-6H,7-9,13H2,1-2H3,(H,14,16). The van der Waals surface area contributed by atoms with Gasteiger partial charge >= 0.3 is 0 Å². The lowest BCUT2D eigenvalue weighted by Gasteiger charge is -2.17. The summed E-state index contributed by atoms with van der Waals surface area (Å²) in [5.41, 5.74) is 5.80. The molecular formula is C12H19N3O4S. The highest BCUT2D eigenvalue weighted by Gasteiger charge is 2.24. The van der Waals surface area contributed by atoms with Crippen molar-refractivity contribution in [3.05, 3.63) is 24.3 Å². The van der Waals surface area contributed by atoms with Crippen LogP contribution in [0.2, 0.25) is 0 Å². The van der Waals surface area contributed by atoms with E-state index in [-0.39, 0.29) is 17.1 Å². The Bertz CT molecular complexity index is 560. The van der Waals surface area contributed by atoms with Crippen LogP contribution in [-0.4, -0.2) is 52.5 Å². The zero-order valence-electron chi connectivity index (χ0n) is 11.5. The van der Waals surface area contributed by atoms with Crippen LogP contribution in [0.5, 0.6) is 0 Å². The van der Waals surface area contributed by atoms with Crippen LogP contribution in [-0.2, 0) is 19.6 Å². The first-order chi connectivity index (χ1) is 9.39. The number of hydrogen-bond donors (Lipinski definition) is 2. The zero-order valence-corrected chi connectivity index (χ0v) is 12.3. The van der Waals surface area contributed by atoms with E-state index in [1.807, 2.05) is 0 Å². The Labute approximate surface area is 118 Å². The second-order valence-corrected chi connectivity index (χ2v) is 6.15. The molecule has 112 valence electrons. The topological polar surface area (TPSA) is 102 Å². The van der Waals surface area contributed by atoms with E-state index in [2.05, 4.69) is 5.32 Å². The van der Waals surface area contributed by atoms with Crippen LogP contribution in [0.4, 0.5) is 5.69 Å². The van der Waals surface area contributed by atoms with E-state index in [1.54, 1.807) is 12.1 Å². The Morgan fingerprint density at radius 1 is 1.40 bits per heavy atom. The van der Waals surface area contributed by atoms with Crippen molar-refractivity contribution >= 4 is 21.6 Å². The molecule has 20 heavy (non-hydrogen) atoms. The van der Waals surface area contributed by atoms with Crippen LogP contribution in [0.3, 0.4) is 0 Å². The highest BCUT2D eigenvalue weighted by atomic mass is 32.2. The Morgan fingerprint density at radius 2 is 2.05 bits per heavy atom. The van der Waals surface area contributed by atoms with Crippen LogP contribution in [0.15, 0.2) is 29.2 Å². The molecule has 8 heteroatoms. The van der Waals surface area contributed by atoms with Crippen molar-refractivity contribution in [2.24, 2.45) is 0 Å². The van der Waals surface area contributed by atoms with Crippen molar-refractivity contribution in [1.29, 1.82) is 0 Å². The lowest BCUT2D eigenvalue weighted by atomic mass is 10.3. The number of hydrogen-bond acceptors (Lipinski definition) is 5. The number of carbonyl (C=O) groups is 1. The molecule has 3 N–H and O–H groups in total. The summed E-state index contributed by atoms with van der Waals surface area (Å²) in [4.78, 5) is 11.6. The molecule has 0 bridgehead atoms. The first-order valence-electron chi connectivity index (χ1n) is 5.96. The van der Waals surface area contributed by atoms with Gasteiger partial charge in [-0.15, -0.1) is 0 Å². The molecule has 1 aromatic rings. The van der Waals surface area contributed by atoms with Gasteiger partial charge in [0.2, 0.25) is 15.9 Å². The van der Waals surface area contributed by atoms with Crippen LogP contribution in [0.1, 0.15) is 0 Å². The molecule has 1 aromatic carbocycles. The number of amides is 1. The Balaban J connectivity index is 2.73. The number of anilines is 1. The first-order valence-corrected chi connectivity index (χ1v) is 7.40. The molecule has 0 radical (unpaired) electrons. The Hall–Kier alpha value is -1.64. The SMILES string of the molecule is COCCNC(=O)CN(C)S(=O)(=O)c1ccccc1N. The van der Waals surface area contributed by atoms with Crippen molar-refractivity contribution < 1.29 is 17.9 Å². The summed E-state index contributed by atoms with van der Waals surface area (Å²) in [6.45, 7) is 0.422. The monoisotopic (exact) mass is 301 g/mol. The molecule has 0 atom stereocenters. The molecule has 0 saturated heterocycles. The average molecular weight is 301 g/mol. The second-order valence-electron chi connectivity index (χ2n) is 4.14. The van der Waals surface area contributed by atoms with Gasteiger partial charge in [0.15, 0.2) is 0 Å². The lowest BCUT2D eigenvalue weighted by molar-refractivity contribution is -0.121. The number of likely N-dealkylation sites (N-methyl/N-ethyl adjacent to an activating group) is 1. The number of nitrogens with zero attached hydrogens (tertiary/aromatic N) is 1. The molecule has 0 aromatic heterocycles. The minimum atomic E-state index is -3.78. The zero-order chi connectivity index (χ0) is 15.2. The smallest absolute Gasteiger partial charge is 0.245 e. The number of ether oxygens (including phenoxy) is 1. The molecule has 0 aliphatic heterocycles. The number of methoxy groups -OCH3 is 1. The van der Waals surface area contributed by atoms with Crippen molar-refractivity contribution in [2.75, 3.05) is 39.6 Å². The van der Waals surface area contributed by atoms with Gasteiger partial charge in [0.05, 0.1) is 18.8 Å². The summed E-state index contributed by atoms with van der Waals surface area (Å²) in [7, 11) is -0.933.